The van der Waals surface area contributed by atoms with Gasteiger partial charge in [0.25, 0.3) is 0 Å². The lowest BCUT2D eigenvalue weighted by atomic mass is 9.92. The SMILES string of the molecule is CC(C)(C)CCNc1ccncn1. The highest BCUT2D eigenvalue weighted by Gasteiger charge is 2.08. The Hall–Kier alpha value is -1.12. The van der Waals surface area contributed by atoms with E-state index >= 15 is 0 Å². The Balaban J connectivity index is 2.29. The summed E-state index contributed by atoms with van der Waals surface area (Å²) in [6, 6.07) is 1.88. The average Bonchev–Trinajstić information content (AvgIpc) is 2.04. The van der Waals surface area contributed by atoms with Crippen molar-refractivity contribution < 1.29 is 0 Å². The van der Waals surface area contributed by atoms with Gasteiger partial charge < -0.3 is 5.32 Å². The number of aromatic nitrogens is 2. The van der Waals surface area contributed by atoms with E-state index in [-0.39, 0.29) is 0 Å². The summed E-state index contributed by atoms with van der Waals surface area (Å²) in [5.74, 6) is 0.902. The molecule has 1 aromatic heterocycles. The quantitative estimate of drug-likeness (QED) is 0.773. The van der Waals surface area contributed by atoms with Gasteiger partial charge >= 0.3 is 0 Å². The molecule has 0 unspecified atom stereocenters. The van der Waals surface area contributed by atoms with Gasteiger partial charge in [0.15, 0.2) is 0 Å². The molecule has 1 N–H and O–H groups in total. The molecular formula is C10H17N3. The van der Waals surface area contributed by atoms with Crippen LogP contribution in [0.2, 0.25) is 0 Å². The first-order chi connectivity index (χ1) is 6.08. The van der Waals surface area contributed by atoms with Crippen molar-refractivity contribution in [3.63, 3.8) is 0 Å². The molecule has 3 heteroatoms. The molecule has 1 heterocycles. The first-order valence-corrected chi connectivity index (χ1v) is 4.58. The maximum absolute atomic E-state index is 4.08. The number of nitrogens with one attached hydrogen (secondary N) is 1. The molecule has 0 aromatic carbocycles. The monoisotopic (exact) mass is 179 g/mol. The molecule has 0 saturated heterocycles. The van der Waals surface area contributed by atoms with Crippen molar-refractivity contribution in [2.75, 3.05) is 11.9 Å². The smallest absolute Gasteiger partial charge is 0.129 e. The van der Waals surface area contributed by atoms with Crippen molar-refractivity contribution in [1.29, 1.82) is 0 Å². The van der Waals surface area contributed by atoms with Crippen LogP contribution in [0.4, 0.5) is 5.82 Å². The van der Waals surface area contributed by atoms with Crippen LogP contribution in [0.25, 0.3) is 0 Å². The lowest BCUT2D eigenvalue weighted by molar-refractivity contribution is 0.389. The van der Waals surface area contributed by atoms with E-state index in [1.807, 2.05) is 6.07 Å². The van der Waals surface area contributed by atoms with Crippen molar-refractivity contribution in [1.82, 2.24) is 9.97 Å². The predicted molar refractivity (Wildman–Crippen MR) is 54.6 cm³/mol. The minimum absolute atomic E-state index is 0.375. The standard InChI is InChI=1S/C10H17N3/c1-10(2,3)5-7-12-9-4-6-11-8-13-9/h4,6,8H,5,7H2,1-3H3,(H,11,12,13). The van der Waals surface area contributed by atoms with E-state index in [2.05, 4.69) is 36.1 Å². The van der Waals surface area contributed by atoms with E-state index in [9.17, 15) is 0 Å². The summed E-state index contributed by atoms with van der Waals surface area (Å²) in [6.45, 7) is 7.65. The highest BCUT2D eigenvalue weighted by atomic mass is 15.0. The second-order valence-electron chi connectivity index (χ2n) is 4.33. The second-order valence-corrected chi connectivity index (χ2v) is 4.33. The average molecular weight is 179 g/mol. The Labute approximate surface area is 79.6 Å². The van der Waals surface area contributed by atoms with Crippen molar-refractivity contribution >= 4 is 5.82 Å². The van der Waals surface area contributed by atoms with Crippen LogP contribution >= 0.6 is 0 Å². The number of hydrogen-bond acceptors (Lipinski definition) is 3. The molecule has 0 aliphatic rings. The Kier molecular flexibility index (Phi) is 3.23. The molecule has 0 amide bonds. The maximum Gasteiger partial charge on any atom is 0.129 e. The molecule has 0 atom stereocenters. The second kappa shape index (κ2) is 4.21. The van der Waals surface area contributed by atoms with Crippen LogP contribution in [0.5, 0.6) is 0 Å². The fourth-order valence-electron chi connectivity index (χ4n) is 0.961. The molecule has 0 aliphatic carbocycles. The number of anilines is 1. The van der Waals surface area contributed by atoms with Crippen LogP contribution in [-0.4, -0.2) is 16.5 Å². The number of nitrogens with zero attached hydrogens (tertiary/aromatic N) is 2. The third kappa shape index (κ3) is 4.45. The van der Waals surface area contributed by atoms with E-state index < -0.39 is 0 Å². The first-order valence-electron chi connectivity index (χ1n) is 4.58. The van der Waals surface area contributed by atoms with Gasteiger partial charge in [0, 0.05) is 12.7 Å². The van der Waals surface area contributed by atoms with E-state index in [0.717, 1.165) is 18.8 Å². The number of hydrogen-bond donors (Lipinski definition) is 1. The molecular weight excluding hydrogens is 162 g/mol. The van der Waals surface area contributed by atoms with E-state index in [0.29, 0.717) is 5.41 Å². The van der Waals surface area contributed by atoms with Crippen LogP contribution in [-0.2, 0) is 0 Å². The highest BCUT2D eigenvalue weighted by Crippen LogP contribution is 2.17. The van der Waals surface area contributed by atoms with Gasteiger partial charge in [0.05, 0.1) is 0 Å². The minimum atomic E-state index is 0.375. The predicted octanol–water partition coefficient (Wildman–Crippen LogP) is 2.32. The van der Waals surface area contributed by atoms with Crippen LogP contribution < -0.4 is 5.32 Å². The van der Waals surface area contributed by atoms with Crippen LogP contribution in [0.15, 0.2) is 18.6 Å². The normalized spacial score (nSPS) is 11.3. The Morgan fingerprint density at radius 2 is 2.15 bits per heavy atom. The first kappa shape index (κ1) is 9.96. The molecule has 72 valence electrons. The topological polar surface area (TPSA) is 37.8 Å². The number of rotatable bonds is 3. The van der Waals surface area contributed by atoms with Crippen molar-refractivity contribution in [3.8, 4) is 0 Å². The van der Waals surface area contributed by atoms with Gasteiger partial charge in [0.2, 0.25) is 0 Å². The fraction of sp³-hybridized carbons (Fsp3) is 0.600. The van der Waals surface area contributed by atoms with Crippen LogP contribution in [0.3, 0.4) is 0 Å². The molecule has 0 spiro atoms. The third-order valence-corrected chi connectivity index (χ3v) is 1.76. The van der Waals surface area contributed by atoms with Crippen molar-refractivity contribution in [3.05, 3.63) is 18.6 Å². The summed E-state index contributed by atoms with van der Waals surface area (Å²) in [4.78, 5) is 7.93. The molecule has 0 saturated carbocycles. The molecule has 0 bridgehead atoms. The van der Waals surface area contributed by atoms with E-state index in [1.165, 1.54) is 0 Å². The molecule has 3 nitrogen and oxygen atoms in total. The van der Waals surface area contributed by atoms with E-state index in [4.69, 9.17) is 0 Å². The fourth-order valence-corrected chi connectivity index (χ4v) is 0.961. The maximum atomic E-state index is 4.08. The van der Waals surface area contributed by atoms with Gasteiger partial charge in [0.1, 0.15) is 12.1 Å². The van der Waals surface area contributed by atoms with Gasteiger partial charge in [-0.05, 0) is 17.9 Å². The Morgan fingerprint density at radius 3 is 2.69 bits per heavy atom. The zero-order valence-electron chi connectivity index (χ0n) is 8.54. The lowest BCUT2D eigenvalue weighted by Gasteiger charge is -2.18. The summed E-state index contributed by atoms with van der Waals surface area (Å²) in [5.41, 5.74) is 0.375. The largest absolute Gasteiger partial charge is 0.370 e. The minimum Gasteiger partial charge on any atom is -0.370 e. The van der Waals surface area contributed by atoms with Gasteiger partial charge in [-0.1, -0.05) is 20.8 Å². The van der Waals surface area contributed by atoms with Gasteiger partial charge in [-0.15, -0.1) is 0 Å². The van der Waals surface area contributed by atoms with Crippen LogP contribution in [0.1, 0.15) is 27.2 Å². The van der Waals surface area contributed by atoms with Gasteiger partial charge in [-0.25, -0.2) is 9.97 Å². The summed E-state index contributed by atoms with van der Waals surface area (Å²) < 4.78 is 0. The summed E-state index contributed by atoms with van der Waals surface area (Å²) in [5, 5.41) is 3.25. The Morgan fingerprint density at radius 1 is 1.38 bits per heavy atom. The van der Waals surface area contributed by atoms with Gasteiger partial charge in [-0.3, -0.25) is 0 Å². The lowest BCUT2D eigenvalue weighted by Crippen LogP contribution is -2.13. The van der Waals surface area contributed by atoms with Crippen molar-refractivity contribution in [2.24, 2.45) is 5.41 Å². The summed E-state index contributed by atoms with van der Waals surface area (Å²) in [6.07, 6.45) is 4.43. The van der Waals surface area contributed by atoms with Gasteiger partial charge in [-0.2, -0.15) is 0 Å². The molecule has 1 aromatic rings. The Bertz CT molecular complexity index is 238. The van der Waals surface area contributed by atoms with E-state index in [1.54, 1.807) is 12.5 Å². The van der Waals surface area contributed by atoms with Crippen molar-refractivity contribution in [2.45, 2.75) is 27.2 Å². The zero-order chi connectivity index (χ0) is 9.73. The molecule has 1 rings (SSSR count). The zero-order valence-corrected chi connectivity index (χ0v) is 8.54. The molecule has 13 heavy (non-hydrogen) atoms. The summed E-state index contributed by atoms with van der Waals surface area (Å²) >= 11 is 0. The van der Waals surface area contributed by atoms with Crippen LogP contribution in [0, 0.1) is 5.41 Å². The third-order valence-electron chi connectivity index (χ3n) is 1.76. The molecule has 0 fully saturated rings. The molecule has 0 aliphatic heterocycles. The summed E-state index contributed by atoms with van der Waals surface area (Å²) in [7, 11) is 0. The molecule has 0 radical (unpaired) electrons. The highest BCUT2D eigenvalue weighted by molar-refractivity contribution is 5.31.